The summed E-state index contributed by atoms with van der Waals surface area (Å²) < 4.78 is 36.4. The predicted octanol–water partition coefficient (Wildman–Crippen LogP) is 1.43. The molecule has 1 heterocycles. The molecule has 0 amide bonds. The zero-order valence-corrected chi connectivity index (χ0v) is 10.2. The Kier molecular flexibility index (Phi) is 5.63. The molecule has 0 fully saturated rings. The van der Waals surface area contributed by atoms with Gasteiger partial charge in [-0.1, -0.05) is 5.21 Å². The third-order valence-electron chi connectivity index (χ3n) is 2.10. The molecule has 1 aromatic heterocycles. The van der Waals surface area contributed by atoms with Crippen LogP contribution >= 0.6 is 0 Å². The molecule has 0 aliphatic rings. The van der Waals surface area contributed by atoms with Gasteiger partial charge in [0.25, 0.3) is 6.43 Å². The van der Waals surface area contributed by atoms with Gasteiger partial charge in [0, 0.05) is 6.61 Å². The lowest BCUT2D eigenvalue weighted by molar-refractivity contribution is 0.0505. The maximum Gasteiger partial charge on any atom is 0.361 e. The van der Waals surface area contributed by atoms with E-state index in [1.54, 1.807) is 13.8 Å². The maximum absolute atomic E-state index is 12.9. The fourth-order valence-corrected chi connectivity index (χ4v) is 1.34. The van der Waals surface area contributed by atoms with Crippen molar-refractivity contribution in [2.24, 2.45) is 0 Å². The number of nitrogens with zero attached hydrogens (tertiary/aromatic N) is 3. The first-order valence-corrected chi connectivity index (χ1v) is 5.58. The van der Waals surface area contributed by atoms with Crippen molar-refractivity contribution in [2.45, 2.75) is 26.8 Å². The van der Waals surface area contributed by atoms with Crippen LogP contribution in [0.5, 0.6) is 0 Å². The zero-order valence-electron chi connectivity index (χ0n) is 10.2. The van der Waals surface area contributed by atoms with Gasteiger partial charge in [-0.3, -0.25) is 0 Å². The first kappa shape index (κ1) is 14.5. The van der Waals surface area contributed by atoms with Gasteiger partial charge in [-0.25, -0.2) is 18.3 Å². The second-order valence-electron chi connectivity index (χ2n) is 3.26. The lowest BCUT2D eigenvalue weighted by Gasteiger charge is -2.06. The van der Waals surface area contributed by atoms with Crippen molar-refractivity contribution in [3.8, 4) is 0 Å². The van der Waals surface area contributed by atoms with Crippen LogP contribution in [0.25, 0.3) is 0 Å². The third-order valence-corrected chi connectivity index (χ3v) is 2.10. The first-order valence-electron chi connectivity index (χ1n) is 5.58. The highest BCUT2D eigenvalue weighted by atomic mass is 19.3. The van der Waals surface area contributed by atoms with E-state index in [0.29, 0.717) is 6.61 Å². The molecule has 0 unspecified atom stereocenters. The highest BCUT2D eigenvalue weighted by Gasteiger charge is 2.27. The number of ether oxygens (including phenoxy) is 2. The number of halogens is 2. The van der Waals surface area contributed by atoms with Gasteiger partial charge in [0.2, 0.25) is 0 Å². The van der Waals surface area contributed by atoms with Crippen LogP contribution in [0.2, 0.25) is 0 Å². The van der Waals surface area contributed by atoms with Crippen LogP contribution in [0.15, 0.2) is 0 Å². The van der Waals surface area contributed by atoms with Gasteiger partial charge in [0.1, 0.15) is 5.69 Å². The zero-order chi connectivity index (χ0) is 13.5. The summed E-state index contributed by atoms with van der Waals surface area (Å²) in [5.74, 6) is -0.893. The number of rotatable bonds is 7. The Labute approximate surface area is 103 Å². The quantitative estimate of drug-likeness (QED) is 0.550. The van der Waals surface area contributed by atoms with Gasteiger partial charge < -0.3 is 9.47 Å². The molecule has 0 bridgehead atoms. The van der Waals surface area contributed by atoms with E-state index in [1.807, 2.05) is 0 Å². The summed E-state index contributed by atoms with van der Waals surface area (Å²) in [6.07, 6.45) is -2.85. The highest BCUT2D eigenvalue weighted by molar-refractivity contribution is 5.88. The Morgan fingerprint density at radius 2 is 2.11 bits per heavy atom. The minimum Gasteiger partial charge on any atom is -0.461 e. The molecular formula is C10H15F2N3O3. The SMILES string of the molecule is CCOCCn1nnc(C(=O)OCC)c1C(F)F. The van der Waals surface area contributed by atoms with E-state index in [1.165, 1.54) is 0 Å². The largest absolute Gasteiger partial charge is 0.461 e. The number of carbonyl (C=O) groups is 1. The van der Waals surface area contributed by atoms with Crippen LogP contribution in [-0.2, 0) is 16.0 Å². The number of carbonyl (C=O) groups excluding carboxylic acids is 1. The molecule has 0 N–H and O–H groups in total. The smallest absolute Gasteiger partial charge is 0.361 e. The number of aromatic nitrogens is 3. The molecule has 0 aliphatic heterocycles. The monoisotopic (exact) mass is 263 g/mol. The second-order valence-corrected chi connectivity index (χ2v) is 3.26. The van der Waals surface area contributed by atoms with Gasteiger partial charge in [-0.2, -0.15) is 0 Å². The fraction of sp³-hybridized carbons (Fsp3) is 0.700. The summed E-state index contributed by atoms with van der Waals surface area (Å²) in [7, 11) is 0. The topological polar surface area (TPSA) is 66.2 Å². The molecule has 1 rings (SSSR count). The normalized spacial score (nSPS) is 10.9. The van der Waals surface area contributed by atoms with E-state index in [2.05, 4.69) is 15.0 Å². The molecule has 0 aliphatic carbocycles. The molecule has 0 radical (unpaired) electrons. The molecular weight excluding hydrogens is 248 g/mol. The van der Waals surface area contributed by atoms with Gasteiger partial charge in [-0.15, -0.1) is 5.10 Å². The van der Waals surface area contributed by atoms with Crippen molar-refractivity contribution in [3.63, 3.8) is 0 Å². The van der Waals surface area contributed by atoms with Crippen molar-refractivity contribution in [1.29, 1.82) is 0 Å². The van der Waals surface area contributed by atoms with E-state index in [0.717, 1.165) is 4.68 Å². The van der Waals surface area contributed by atoms with Crippen molar-refractivity contribution in [3.05, 3.63) is 11.4 Å². The lowest BCUT2D eigenvalue weighted by atomic mass is 10.3. The Balaban J connectivity index is 2.88. The summed E-state index contributed by atoms with van der Waals surface area (Å²) >= 11 is 0. The Morgan fingerprint density at radius 1 is 1.39 bits per heavy atom. The average molecular weight is 263 g/mol. The molecule has 102 valence electrons. The Bertz CT molecular complexity index is 396. The van der Waals surface area contributed by atoms with E-state index in [4.69, 9.17) is 4.74 Å². The van der Waals surface area contributed by atoms with E-state index in [9.17, 15) is 13.6 Å². The van der Waals surface area contributed by atoms with Gasteiger partial charge in [-0.05, 0) is 13.8 Å². The van der Waals surface area contributed by atoms with Crippen LogP contribution in [0.3, 0.4) is 0 Å². The molecule has 1 aromatic rings. The van der Waals surface area contributed by atoms with Crippen molar-refractivity contribution in [2.75, 3.05) is 19.8 Å². The van der Waals surface area contributed by atoms with Crippen LogP contribution in [0.1, 0.15) is 36.5 Å². The minimum atomic E-state index is -2.85. The number of hydrogen-bond donors (Lipinski definition) is 0. The van der Waals surface area contributed by atoms with Crippen molar-refractivity contribution < 1.29 is 23.0 Å². The minimum absolute atomic E-state index is 0.0906. The third kappa shape index (κ3) is 3.46. The van der Waals surface area contributed by atoms with E-state index < -0.39 is 23.8 Å². The van der Waals surface area contributed by atoms with E-state index >= 15 is 0 Å². The fourth-order valence-electron chi connectivity index (χ4n) is 1.34. The van der Waals surface area contributed by atoms with Crippen LogP contribution < -0.4 is 0 Å². The van der Waals surface area contributed by atoms with Crippen LogP contribution in [0, 0.1) is 0 Å². The van der Waals surface area contributed by atoms with Gasteiger partial charge in [0.15, 0.2) is 5.69 Å². The van der Waals surface area contributed by atoms with Gasteiger partial charge in [0.05, 0.1) is 19.8 Å². The molecule has 0 spiro atoms. The maximum atomic E-state index is 12.9. The standard InChI is InChI=1S/C10H15F2N3O3/c1-3-17-6-5-15-8(9(11)12)7(13-14-15)10(16)18-4-2/h9H,3-6H2,1-2H3. The highest BCUT2D eigenvalue weighted by Crippen LogP contribution is 2.21. The lowest BCUT2D eigenvalue weighted by Crippen LogP contribution is -2.14. The van der Waals surface area contributed by atoms with Crippen LogP contribution in [0.4, 0.5) is 8.78 Å². The summed E-state index contributed by atoms with van der Waals surface area (Å²) in [4.78, 5) is 11.4. The molecule has 0 atom stereocenters. The summed E-state index contributed by atoms with van der Waals surface area (Å²) in [6.45, 7) is 4.28. The summed E-state index contributed by atoms with van der Waals surface area (Å²) in [5.41, 5.74) is -0.975. The Morgan fingerprint density at radius 3 is 2.67 bits per heavy atom. The van der Waals surface area contributed by atoms with Gasteiger partial charge >= 0.3 is 5.97 Å². The molecule has 6 nitrogen and oxygen atoms in total. The van der Waals surface area contributed by atoms with Crippen molar-refractivity contribution in [1.82, 2.24) is 15.0 Å². The number of alkyl halides is 2. The second kappa shape index (κ2) is 7.00. The van der Waals surface area contributed by atoms with Crippen molar-refractivity contribution >= 4 is 5.97 Å². The number of esters is 1. The molecule has 0 saturated carbocycles. The summed E-state index contributed by atoms with van der Waals surface area (Å²) in [6, 6.07) is 0. The molecule has 8 heteroatoms. The molecule has 18 heavy (non-hydrogen) atoms. The molecule has 0 saturated heterocycles. The summed E-state index contributed by atoms with van der Waals surface area (Å²) in [5, 5.41) is 6.96. The molecule has 0 aromatic carbocycles. The van der Waals surface area contributed by atoms with E-state index in [-0.39, 0.29) is 19.8 Å². The number of hydrogen-bond acceptors (Lipinski definition) is 5. The average Bonchev–Trinajstić information content (AvgIpc) is 2.74. The Hall–Kier alpha value is -1.57. The first-order chi connectivity index (χ1) is 8.61. The predicted molar refractivity (Wildman–Crippen MR) is 57.4 cm³/mol. The van der Waals surface area contributed by atoms with Crippen LogP contribution in [-0.4, -0.2) is 40.8 Å².